The number of epoxide rings is 1. The second-order valence-corrected chi connectivity index (χ2v) is 4.57. The Balaban J connectivity index is 2.75. The monoisotopic (exact) mass is 212 g/mol. The molecule has 4 heteroatoms. The minimum atomic E-state index is -0.456. The lowest BCUT2D eigenvalue weighted by atomic mass is 9.81. The number of ether oxygens (including phenoxy) is 1. The fourth-order valence-electron chi connectivity index (χ4n) is 1.88. The quantitative estimate of drug-likeness (QED) is 0.517. The second-order valence-electron chi connectivity index (χ2n) is 4.57. The lowest BCUT2D eigenvalue weighted by molar-refractivity contribution is -0.117. The van der Waals surface area contributed by atoms with E-state index in [2.05, 4.69) is 11.9 Å². The van der Waals surface area contributed by atoms with Gasteiger partial charge in [-0.25, -0.2) is 0 Å². The predicted molar refractivity (Wildman–Crippen MR) is 59.4 cm³/mol. The van der Waals surface area contributed by atoms with Crippen LogP contribution in [0.4, 0.5) is 0 Å². The van der Waals surface area contributed by atoms with Gasteiger partial charge in [-0.05, 0) is 26.3 Å². The molecule has 1 aliphatic heterocycles. The Morgan fingerprint density at radius 2 is 2.33 bits per heavy atom. The van der Waals surface area contributed by atoms with Gasteiger partial charge in [0.05, 0.1) is 12.6 Å². The molecule has 0 aromatic carbocycles. The van der Waals surface area contributed by atoms with Crippen LogP contribution >= 0.6 is 0 Å². The largest absolute Gasteiger partial charge is 0.365 e. The summed E-state index contributed by atoms with van der Waals surface area (Å²) in [5, 5.41) is 2.86. The van der Waals surface area contributed by atoms with E-state index in [0.29, 0.717) is 6.61 Å². The highest BCUT2D eigenvalue weighted by atomic mass is 16.6. The summed E-state index contributed by atoms with van der Waals surface area (Å²) in [6, 6.07) is -0.0528. The van der Waals surface area contributed by atoms with E-state index in [1.165, 1.54) is 6.08 Å². The van der Waals surface area contributed by atoms with Crippen molar-refractivity contribution in [1.29, 1.82) is 0 Å². The fourth-order valence-corrected chi connectivity index (χ4v) is 1.88. The van der Waals surface area contributed by atoms with Gasteiger partial charge >= 0.3 is 0 Å². The van der Waals surface area contributed by atoms with Gasteiger partial charge in [-0.1, -0.05) is 13.5 Å². The molecule has 15 heavy (non-hydrogen) atoms. The van der Waals surface area contributed by atoms with E-state index in [1.807, 2.05) is 20.8 Å². The molecular formula is C11H20N2O2. The maximum absolute atomic E-state index is 11.3. The highest BCUT2D eigenvalue weighted by Crippen LogP contribution is 2.41. The van der Waals surface area contributed by atoms with Gasteiger partial charge in [-0.15, -0.1) is 0 Å². The van der Waals surface area contributed by atoms with Crippen molar-refractivity contribution in [2.24, 2.45) is 5.73 Å². The maximum atomic E-state index is 11.3. The van der Waals surface area contributed by atoms with Crippen molar-refractivity contribution in [1.82, 2.24) is 5.32 Å². The third-order valence-electron chi connectivity index (χ3n) is 3.02. The zero-order valence-corrected chi connectivity index (χ0v) is 9.67. The number of nitrogens with one attached hydrogen (secondary N) is 1. The van der Waals surface area contributed by atoms with E-state index < -0.39 is 11.1 Å². The van der Waals surface area contributed by atoms with Crippen molar-refractivity contribution in [3.8, 4) is 0 Å². The first-order chi connectivity index (χ1) is 6.87. The van der Waals surface area contributed by atoms with Crippen LogP contribution in [0, 0.1) is 0 Å². The van der Waals surface area contributed by atoms with Crippen molar-refractivity contribution in [2.75, 3.05) is 6.61 Å². The van der Waals surface area contributed by atoms with E-state index in [4.69, 9.17) is 10.5 Å². The van der Waals surface area contributed by atoms with Gasteiger partial charge in [0.25, 0.3) is 0 Å². The zero-order valence-electron chi connectivity index (χ0n) is 9.67. The summed E-state index contributed by atoms with van der Waals surface area (Å²) in [6.45, 7) is 9.87. The highest BCUT2D eigenvalue weighted by Gasteiger charge is 2.59. The standard InChI is InChI=1S/C11H20N2O2/c1-5-8(13-9(14)6-2)11(7-15-11)10(3,4)12/h6,8H,2,5,7,12H2,1,3-4H3,(H,13,14). The molecule has 0 saturated carbocycles. The van der Waals surface area contributed by atoms with E-state index in [0.717, 1.165) is 6.42 Å². The third-order valence-corrected chi connectivity index (χ3v) is 3.02. The molecule has 2 unspecified atom stereocenters. The third kappa shape index (κ3) is 2.21. The number of hydrogen-bond acceptors (Lipinski definition) is 3. The van der Waals surface area contributed by atoms with E-state index in [1.54, 1.807) is 0 Å². The molecule has 0 radical (unpaired) electrons. The number of amides is 1. The summed E-state index contributed by atoms with van der Waals surface area (Å²) in [4.78, 5) is 11.3. The summed E-state index contributed by atoms with van der Waals surface area (Å²) >= 11 is 0. The fraction of sp³-hybridized carbons (Fsp3) is 0.727. The Hall–Kier alpha value is -0.870. The van der Waals surface area contributed by atoms with Gasteiger partial charge in [0.1, 0.15) is 5.60 Å². The van der Waals surface area contributed by atoms with Crippen LogP contribution in [0.25, 0.3) is 0 Å². The minimum absolute atomic E-state index is 0.0528. The van der Waals surface area contributed by atoms with Crippen molar-refractivity contribution >= 4 is 5.91 Å². The predicted octanol–water partition coefficient (Wildman–Crippen LogP) is 0.574. The number of nitrogens with two attached hydrogens (primary N) is 1. The van der Waals surface area contributed by atoms with Gasteiger partial charge < -0.3 is 15.8 Å². The molecule has 2 atom stereocenters. The lowest BCUT2D eigenvalue weighted by Gasteiger charge is -2.34. The Morgan fingerprint density at radius 1 is 1.80 bits per heavy atom. The first-order valence-corrected chi connectivity index (χ1v) is 5.23. The van der Waals surface area contributed by atoms with Crippen LogP contribution in [-0.4, -0.2) is 29.7 Å². The molecule has 86 valence electrons. The number of rotatable bonds is 5. The smallest absolute Gasteiger partial charge is 0.243 e. The molecule has 1 fully saturated rings. The van der Waals surface area contributed by atoms with Crippen LogP contribution < -0.4 is 11.1 Å². The number of hydrogen-bond donors (Lipinski definition) is 2. The Kier molecular flexibility index (Phi) is 3.21. The van der Waals surface area contributed by atoms with E-state index in [-0.39, 0.29) is 11.9 Å². The molecule has 1 rings (SSSR count). The molecule has 1 aliphatic rings. The van der Waals surface area contributed by atoms with Gasteiger partial charge in [0.2, 0.25) is 5.91 Å². The van der Waals surface area contributed by atoms with E-state index in [9.17, 15) is 4.79 Å². The normalized spacial score (nSPS) is 26.9. The molecule has 0 aliphatic carbocycles. The van der Waals surface area contributed by atoms with Gasteiger partial charge in [0, 0.05) is 5.54 Å². The average Bonchev–Trinajstić information content (AvgIpc) is 2.93. The molecule has 0 spiro atoms. The van der Waals surface area contributed by atoms with Crippen molar-refractivity contribution in [3.05, 3.63) is 12.7 Å². The number of carbonyl (C=O) groups excluding carboxylic acids is 1. The van der Waals surface area contributed by atoms with Crippen LogP contribution in [0.3, 0.4) is 0 Å². The molecular weight excluding hydrogens is 192 g/mol. The Labute approximate surface area is 90.9 Å². The molecule has 0 aromatic rings. The highest BCUT2D eigenvalue weighted by molar-refractivity contribution is 5.87. The molecule has 4 nitrogen and oxygen atoms in total. The molecule has 3 N–H and O–H groups in total. The minimum Gasteiger partial charge on any atom is -0.365 e. The van der Waals surface area contributed by atoms with Gasteiger partial charge in [-0.2, -0.15) is 0 Å². The Morgan fingerprint density at radius 3 is 2.60 bits per heavy atom. The molecule has 1 amide bonds. The summed E-state index contributed by atoms with van der Waals surface area (Å²) in [5.41, 5.74) is 5.19. The van der Waals surface area contributed by atoms with Crippen LogP contribution in [0.2, 0.25) is 0 Å². The van der Waals surface area contributed by atoms with Gasteiger partial charge in [0.15, 0.2) is 0 Å². The first kappa shape index (κ1) is 12.2. The molecule has 1 saturated heterocycles. The summed E-state index contributed by atoms with van der Waals surface area (Å²) < 4.78 is 5.48. The second kappa shape index (κ2) is 3.94. The number of carbonyl (C=O) groups is 1. The van der Waals surface area contributed by atoms with Crippen molar-refractivity contribution in [2.45, 2.75) is 44.4 Å². The Bertz CT molecular complexity index is 264. The van der Waals surface area contributed by atoms with Crippen molar-refractivity contribution < 1.29 is 9.53 Å². The lowest BCUT2D eigenvalue weighted by Crippen LogP contribution is -2.59. The molecule has 0 aromatic heterocycles. The summed E-state index contributed by atoms with van der Waals surface area (Å²) in [7, 11) is 0. The van der Waals surface area contributed by atoms with Crippen LogP contribution in [0.5, 0.6) is 0 Å². The average molecular weight is 212 g/mol. The topological polar surface area (TPSA) is 67.7 Å². The summed E-state index contributed by atoms with van der Waals surface area (Å²) in [5.74, 6) is -0.180. The maximum Gasteiger partial charge on any atom is 0.243 e. The van der Waals surface area contributed by atoms with Crippen LogP contribution in [-0.2, 0) is 9.53 Å². The first-order valence-electron chi connectivity index (χ1n) is 5.23. The van der Waals surface area contributed by atoms with Crippen molar-refractivity contribution in [3.63, 3.8) is 0 Å². The molecule has 0 bridgehead atoms. The zero-order chi connectivity index (χ0) is 11.7. The molecule has 1 heterocycles. The van der Waals surface area contributed by atoms with Gasteiger partial charge in [-0.3, -0.25) is 4.79 Å². The van der Waals surface area contributed by atoms with E-state index >= 15 is 0 Å². The SMILES string of the molecule is C=CC(=O)NC(CC)C1(C(C)(C)N)CO1. The van der Waals surface area contributed by atoms with Crippen LogP contribution in [0.1, 0.15) is 27.2 Å². The summed E-state index contributed by atoms with van der Waals surface area (Å²) in [6.07, 6.45) is 2.06. The van der Waals surface area contributed by atoms with Crippen LogP contribution in [0.15, 0.2) is 12.7 Å².